The van der Waals surface area contributed by atoms with Crippen molar-refractivity contribution >= 4 is 40.2 Å². The van der Waals surface area contributed by atoms with E-state index in [2.05, 4.69) is 25.8 Å². The minimum atomic E-state index is -0.623. The number of carbonyl (C=O) groups excluding carboxylic acids is 3. The fourth-order valence-electron chi connectivity index (χ4n) is 3.76. The molecule has 12 heteroatoms. The van der Waals surface area contributed by atoms with E-state index in [9.17, 15) is 18.8 Å². The van der Waals surface area contributed by atoms with E-state index >= 15 is 0 Å². The average Bonchev–Trinajstić information content (AvgIpc) is 3.57. The molecule has 11 nitrogen and oxygen atoms in total. The Morgan fingerprint density at radius 1 is 1.26 bits per heavy atom. The standard InChI is InChI=1S/C23H20FN7O4/c1-13(32)25-9-17-10-31(23(34)35-17)16-3-5-21(18(24)7-16)30-11-20(26-12-30)22(33)28-15-2-4-19-14(6-15)8-27-29-19/h2-8,11-12,17H,9-10H2,1H3,(H,25,32)(H,27,29)(H,28,33). The number of ether oxygens (including phenoxy) is 1. The number of hydrogen-bond donors (Lipinski definition) is 3. The van der Waals surface area contributed by atoms with Gasteiger partial charge in [0.25, 0.3) is 5.91 Å². The highest BCUT2D eigenvalue weighted by atomic mass is 19.1. The summed E-state index contributed by atoms with van der Waals surface area (Å²) in [6.45, 7) is 1.72. The molecule has 0 aliphatic carbocycles. The van der Waals surface area contributed by atoms with Crippen LogP contribution in [0.3, 0.4) is 0 Å². The number of aromatic amines is 1. The number of hydrogen-bond acceptors (Lipinski definition) is 6. The Bertz CT molecular complexity index is 1450. The van der Waals surface area contributed by atoms with Gasteiger partial charge in [-0.2, -0.15) is 5.10 Å². The van der Waals surface area contributed by atoms with E-state index in [0.29, 0.717) is 11.4 Å². The Kier molecular flexibility index (Phi) is 5.61. The van der Waals surface area contributed by atoms with Gasteiger partial charge in [-0.1, -0.05) is 0 Å². The number of H-pyrrole nitrogens is 1. The lowest BCUT2D eigenvalue weighted by Gasteiger charge is -2.14. The topological polar surface area (TPSA) is 134 Å². The van der Waals surface area contributed by atoms with Gasteiger partial charge in [-0.25, -0.2) is 14.2 Å². The van der Waals surface area contributed by atoms with Crippen molar-refractivity contribution in [2.45, 2.75) is 13.0 Å². The van der Waals surface area contributed by atoms with Crippen molar-refractivity contribution < 1.29 is 23.5 Å². The van der Waals surface area contributed by atoms with Crippen LogP contribution in [-0.2, 0) is 9.53 Å². The van der Waals surface area contributed by atoms with E-state index < -0.39 is 23.9 Å². The lowest BCUT2D eigenvalue weighted by Crippen LogP contribution is -2.33. The number of cyclic esters (lactones) is 1. The maximum absolute atomic E-state index is 14.9. The summed E-state index contributed by atoms with van der Waals surface area (Å²) >= 11 is 0. The normalized spacial score (nSPS) is 15.3. The number of nitrogens with one attached hydrogen (secondary N) is 3. The highest BCUT2D eigenvalue weighted by molar-refractivity contribution is 6.03. The van der Waals surface area contributed by atoms with Crippen molar-refractivity contribution in [2.24, 2.45) is 0 Å². The Balaban J connectivity index is 1.28. The lowest BCUT2D eigenvalue weighted by molar-refractivity contribution is -0.119. The van der Waals surface area contributed by atoms with Crippen LogP contribution in [0, 0.1) is 5.82 Å². The molecule has 1 aliphatic rings. The quantitative estimate of drug-likeness (QED) is 0.391. The molecule has 3 N–H and O–H groups in total. The van der Waals surface area contributed by atoms with E-state index in [1.807, 2.05) is 0 Å². The second-order valence-corrected chi connectivity index (χ2v) is 7.98. The third-order valence-electron chi connectivity index (χ3n) is 5.49. The molecule has 1 atom stereocenters. The van der Waals surface area contributed by atoms with E-state index in [4.69, 9.17) is 4.74 Å². The molecule has 1 saturated heterocycles. The van der Waals surface area contributed by atoms with Gasteiger partial charge in [0.1, 0.15) is 23.9 Å². The van der Waals surface area contributed by atoms with E-state index in [-0.39, 0.29) is 30.4 Å². The molecule has 4 aromatic rings. The molecule has 0 saturated carbocycles. The molecular weight excluding hydrogens is 457 g/mol. The summed E-state index contributed by atoms with van der Waals surface area (Å²) in [4.78, 5) is 41.3. The maximum atomic E-state index is 14.9. The Morgan fingerprint density at radius 3 is 2.91 bits per heavy atom. The van der Waals surface area contributed by atoms with Crippen molar-refractivity contribution in [3.63, 3.8) is 0 Å². The zero-order valence-electron chi connectivity index (χ0n) is 18.5. The van der Waals surface area contributed by atoms with Crippen molar-refractivity contribution in [1.29, 1.82) is 0 Å². The van der Waals surface area contributed by atoms with Gasteiger partial charge in [0.15, 0.2) is 0 Å². The van der Waals surface area contributed by atoms with Crippen LogP contribution in [0.5, 0.6) is 0 Å². The summed E-state index contributed by atoms with van der Waals surface area (Å²) < 4.78 is 21.5. The third-order valence-corrected chi connectivity index (χ3v) is 5.49. The number of carbonyl (C=O) groups is 3. The zero-order chi connectivity index (χ0) is 24.5. The molecule has 3 heterocycles. The molecule has 3 amide bonds. The smallest absolute Gasteiger partial charge is 0.414 e. The number of fused-ring (bicyclic) bond motifs is 1. The van der Waals surface area contributed by atoms with E-state index in [1.165, 1.54) is 41.0 Å². The fraction of sp³-hybridized carbons (Fsp3) is 0.174. The van der Waals surface area contributed by atoms with Gasteiger partial charge >= 0.3 is 6.09 Å². The van der Waals surface area contributed by atoms with Crippen LogP contribution in [0.25, 0.3) is 16.6 Å². The zero-order valence-corrected chi connectivity index (χ0v) is 18.5. The molecule has 5 rings (SSSR count). The van der Waals surface area contributed by atoms with Gasteiger partial charge in [-0.15, -0.1) is 0 Å². The molecule has 2 aromatic heterocycles. The molecular formula is C23H20FN7O4. The molecule has 1 aliphatic heterocycles. The Hall–Kier alpha value is -4.74. The summed E-state index contributed by atoms with van der Waals surface area (Å²) in [5.41, 5.74) is 1.99. The predicted octanol–water partition coefficient (Wildman–Crippen LogP) is 2.60. The maximum Gasteiger partial charge on any atom is 0.414 e. The predicted molar refractivity (Wildman–Crippen MR) is 124 cm³/mol. The number of amides is 3. The van der Waals surface area contributed by atoms with Gasteiger partial charge in [0.05, 0.1) is 36.2 Å². The van der Waals surface area contributed by atoms with Crippen molar-refractivity contribution in [3.8, 4) is 5.69 Å². The number of imidazole rings is 1. The fourth-order valence-corrected chi connectivity index (χ4v) is 3.76. The molecule has 0 spiro atoms. The third kappa shape index (κ3) is 4.53. The first-order chi connectivity index (χ1) is 16.9. The number of aromatic nitrogens is 4. The second-order valence-electron chi connectivity index (χ2n) is 7.98. The van der Waals surface area contributed by atoms with Crippen molar-refractivity contribution in [3.05, 3.63) is 66.6 Å². The van der Waals surface area contributed by atoms with Crippen LogP contribution in [0.1, 0.15) is 17.4 Å². The number of halogens is 1. The van der Waals surface area contributed by atoms with Gasteiger partial charge < -0.3 is 19.9 Å². The first kappa shape index (κ1) is 22.1. The SMILES string of the molecule is CC(=O)NCC1CN(c2ccc(-n3cnc(C(=O)Nc4ccc5[nH]ncc5c4)c3)c(F)c2)C(=O)O1. The van der Waals surface area contributed by atoms with Crippen molar-refractivity contribution in [1.82, 2.24) is 25.1 Å². The Labute approximate surface area is 197 Å². The number of nitrogens with zero attached hydrogens (tertiary/aromatic N) is 4. The van der Waals surface area contributed by atoms with Crippen LogP contribution in [-0.4, -0.2) is 56.8 Å². The molecule has 35 heavy (non-hydrogen) atoms. The molecule has 1 fully saturated rings. The molecule has 178 valence electrons. The minimum absolute atomic E-state index is 0.102. The van der Waals surface area contributed by atoms with Gasteiger partial charge in [-0.3, -0.25) is 19.6 Å². The van der Waals surface area contributed by atoms with Gasteiger partial charge in [0.2, 0.25) is 5.91 Å². The summed E-state index contributed by atoms with van der Waals surface area (Å²) in [5.74, 6) is -1.30. The van der Waals surface area contributed by atoms with Crippen LogP contribution < -0.4 is 15.5 Å². The minimum Gasteiger partial charge on any atom is -0.442 e. The van der Waals surface area contributed by atoms with Crippen LogP contribution in [0.15, 0.2) is 55.1 Å². The highest BCUT2D eigenvalue weighted by Gasteiger charge is 2.32. The number of rotatable bonds is 6. The lowest BCUT2D eigenvalue weighted by atomic mass is 10.2. The average molecular weight is 477 g/mol. The first-order valence-corrected chi connectivity index (χ1v) is 10.7. The summed E-state index contributed by atoms with van der Waals surface area (Å²) in [5, 5.41) is 13.0. The summed E-state index contributed by atoms with van der Waals surface area (Å²) in [6.07, 6.45) is 3.25. The molecule has 0 radical (unpaired) electrons. The summed E-state index contributed by atoms with van der Waals surface area (Å²) in [6, 6.07) is 9.56. The largest absolute Gasteiger partial charge is 0.442 e. The van der Waals surface area contributed by atoms with E-state index in [0.717, 1.165) is 10.9 Å². The number of anilines is 2. The monoisotopic (exact) mass is 477 g/mol. The van der Waals surface area contributed by atoms with Crippen LogP contribution in [0.2, 0.25) is 0 Å². The van der Waals surface area contributed by atoms with Gasteiger partial charge in [0, 0.05) is 24.2 Å². The van der Waals surface area contributed by atoms with Crippen molar-refractivity contribution in [2.75, 3.05) is 23.3 Å². The number of benzene rings is 2. The van der Waals surface area contributed by atoms with Crippen LogP contribution in [0.4, 0.5) is 20.6 Å². The second kappa shape index (κ2) is 8.89. The summed E-state index contributed by atoms with van der Waals surface area (Å²) in [7, 11) is 0. The van der Waals surface area contributed by atoms with Gasteiger partial charge in [-0.05, 0) is 36.4 Å². The van der Waals surface area contributed by atoms with E-state index in [1.54, 1.807) is 30.5 Å². The molecule has 2 aromatic carbocycles. The first-order valence-electron chi connectivity index (χ1n) is 10.7. The van der Waals surface area contributed by atoms with Crippen LogP contribution >= 0.6 is 0 Å². The Morgan fingerprint density at radius 2 is 2.11 bits per heavy atom. The molecule has 1 unspecified atom stereocenters. The highest BCUT2D eigenvalue weighted by Crippen LogP contribution is 2.26. The molecule has 0 bridgehead atoms.